The summed E-state index contributed by atoms with van der Waals surface area (Å²) in [6.45, 7) is 1.82. The van der Waals surface area contributed by atoms with Crippen molar-refractivity contribution in [1.82, 2.24) is 4.72 Å². The highest BCUT2D eigenvalue weighted by atomic mass is 79.9. The molecule has 96 valence electrons. The SMILES string of the molecule is C[C@@H](NS(=O)(=O)CCCCl)c1cccc(Br)c1. The molecule has 0 aromatic heterocycles. The van der Waals surface area contributed by atoms with Crippen molar-refractivity contribution in [3.05, 3.63) is 34.3 Å². The molecule has 1 N–H and O–H groups in total. The fraction of sp³-hybridized carbons (Fsp3) is 0.455. The number of nitrogens with one attached hydrogen (secondary N) is 1. The number of sulfonamides is 1. The van der Waals surface area contributed by atoms with Crippen LogP contribution in [0.4, 0.5) is 0 Å². The summed E-state index contributed by atoms with van der Waals surface area (Å²) in [6, 6.07) is 7.32. The largest absolute Gasteiger partial charge is 0.212 e. The van der Waals surface area contributed by atoms with Crippen molar-refractivity contribution < 1.29 is 8.42 Å². The lowest BCUT2D eigenvalue weighted by Crippen LogP contribution is -2.29. The molecule has 3 nitrogen and oxygen atoms in total. The third-order valence-electron chi connectivity index (χ3n) is 2.25. The van der Waals surface area contributed by atoms with E-state index in [1.807, 2.05) is 31.2 Å². The maximum Gasteiger partial charge on any atom is 0.212 e. The quantitative estimate of drug-likeness (QED) is 0.809. The molecule has 0 radical (unpaired) electrons. The van der Waals surface area contributed by atoms with Crippen molar-refractivity contribution in [2.24, 2.45) is 0 Å². The first-order valence-electron chi connectivity index (χ1n) is 5.26. The number of rotatable bonds is 6. The smallest absolute Gasteiger partial charge is 0.212 e. The third kappa shape index (κ3) is 5.38. The lowest BCUT2D eigenvalue weighted by Gasteiger charge is -2.14. The zero-order chi connectivity index (χ0) is 12.9. The molecule has 1 aromatic carbocycles. The third-order valence-corrected chi connectivity index (χ3v) is 4.55. The molecule has 0 saturated heterocycles. The van der Waals surface area contributed by atoms with Crippen molar-refractivity contribution in [2.75, 3.05) is 11.6 Å². The predicted octanol–water partition coefficient (Wildman–Crippen LogP) is 3.06. The van der Waals surface area contributed by atoms with Gasteiger partial charge in [0.15, 0.2) is 0 Å². The first-order valence-corrected chi connectivity index (χ1v) is 8.24. The van der Waals surface area contributed by atoms with Gasteiger partial charge in [-0.25, -0.2) is 13.1 Å². The summed E-state index contributed by atoms with van der Waals surface area (Å²) in [4.78, 5) is 0. The Morgan fingerprint density at radius 3 is 2.76 bits per heavy atom. The van der Waals surface area contributed by atoms with Crippen LogP contribution in [0.1, 0.15) is 24.9 Å². The predicted molar refractivity (Wildman–Crippen MR) is 74.8 cm³/mol. The Bertz CT molecular complexity index is 464. The molecule has 0 spiro atoms. The van der Waals surface area contributed by atoms with Gasteiger partial charge in [-0.2, -0.15) is 0 Å². The lowest BCUT2D eigenvalue weighted by atomic mass is 10.1. The molecule has 6 heteroatoms. The highest BCUT2D eigenvalue weighted by Crippen LogP contribution is 2.18. The van der Waals surface area contributed by atoms with E-state index in [4.69, 9.17) is 11.6 Å². The minimum atomic E-state index is -3.25. The van der Waals surface area contributed by atoms with Crippen LogP contribution in [0.2, 0.25) is 0 Å². The molecule has 0 saturated carbocycles. The van der Waals surface area contributed by atoms with Crippen molar-refractivity contribution in [3.63, 3.8) is 0 Å². The Labute approximate surface area is 116 Å². The maximum absolute atomic E-state index is 11.7. The Balaban J connectivity index is 2.69. The van der Waals surface area contributed by atoms with Crippen molar-refractivity contribution in [3.8, 4) is 0 Å². The van der Waals surface area contributed by atoms with E-state index in [0.717, 1.165) is 10.0 Å². The maximum atomic E-state index is 11.7. The van der Waals surface area contributed by atoms with Gasteiger partial charge in [-0.1, -0.05) is 28.1 Å². The fourth-order valence-corrected chi connectivity index (χ4v) is 3.44. The van der Waals surface area contributed by atoms with Crippen LogP contribution < -0.4 is 4.72 Å². The van der Waals surface area contributed by atoms with Gasteiger partial charge in [-0.15, -0.1) is 11.6 Å². The van der Waals surface area contributed by atoms with E-state index in [1.54, 1.807) is 0 Å². The molecule has 0 amide bonds. The van der Waals surface area contributed by atoms with E-state index >= 15 is 0 Å². The second kappa shape index (κ2) is 6.73. The highest BCUT2D eigenvalue weighted by Gasteiger charge is 2.15. The number of hydrogen-bond donors (Lipinski definition) is 1. The van der Waals surface area contributed by atoms with Gasteiger partial charge >= 0.3 is 0 Å². The van der Waals surface area contributed by atoms with E-state index in [9.17, 15) is 8.42 Å². The lowest BCUT2D eigenvalue weighted by molar-refractivity contribution is 0.565. The number of alkyl halides is 1. The first-order chi connectivity index (χ1) is 7.94. The second-order valence-electron chi connectivity index (χ2n) is 3.76. The molecule has 0 unspecified atom stereocenters. The van der Waals surface area contributed by atoms with Crippen LogP contribution in [-0.4, -0.2) is 20.1 Å². The van der Waals surface area contributed by atoms with Crippen molar-refractivity contribution in [1.29, 1.82) is 0 Å². The van der Waals surface area contributed by atoms with E-state index in [0.29, 0.717) is 12.3 Å². The van der Waals surface area contributed by atoms with Crippen LogP contribution >= 0.6 is 27.5 Å². The van der Waals surface area contributed by atoms with Gasteiger partial charge in [0.2, 0.25) is 10.0 Å². The Morgan fingerprint density at radius 2 is 2.18 bits per heavy atom. The van der Waals surface area contributed by atoms with E-state index in [1.165, 1.54) is 0 Å². The summed E-state index contributed by atoms with van der Waals surface area (Å²) in [5, 5.41) is 0. The molecule has 1 atom stereocenters. The molecule has 0 aliphatic carbocycles. The van der Waals surface area contributed by atoms with Crippen LogP contribution in [0.3, 0.4) is 0 Å². The van der Waals surface area contributed by atoms with Gasteiger partial charge in [0, 0.05) is 16.4 Å². The van der Waals surface area contributed by atoms with Gasteiger partial charge in [-0.05, 0) is 31.0 Å². The highest BCUT2D eigenvalue weighted by molar-refractivity contribution is 9.10. The summed E-state index contributed by atoms with van der Waals surface area (Å²) in [5.41, 5.74) is 0.925. The van der Waals surface area contributed by atoms with Gasteiger partial charge < -0.3 is 0 Å². The number of hydrogen-bond acceptors (Lipinski definition) is 2. The summed E-state index contributed by atoms with van der Waals surface area (Å²) in [6.07, 6.45) is 0.460. The minimum absolute atomic E-state index is 0.0643. The normalized spacial score (nSPS) is 13.6. The Kier molecular flexibility index (Phi) is 5.92. The van der Waals surface area contributed by atoms with Crippen LogP contribution in [0.15, 0.2) is 28.7 Å². The molecule has 1 rings (SSSR count). The van der Waals surface area contributed by atoms with Crippen LogP contribution in [0.25, 0.3) is 0 Å². The summed E-state index contributed by atoms with van der Waals surface area (Å²) >= 11 is 8.84. The van der Waals surface area contributed by atoms with Crippen LogP contribution in [0, 0.1) is 0 Å². The number of benzene rings is 1. The Morgan fingerprint density at radius 1 is 1.47 bits per heavy atom. The monoisotopic (exact) mass is 339 g/mol. The van der Waals surface area contributed by atoms with E-state index in [2.05, 4.69) is 20.7 Å². The zero-order valence-electron chi connectivity index (χ0n) is 9.49. The molecular formula is C11H15BrClNO2S. The van der Waals surface area contributed by atoms with Crippen molar-refractivity contribution in [2.45, 2.75) is 19.4 Å². The summed E-state index contributed by atoms with van der Waals surface area (Å²) < 4.78 is 26.9. The minimum Gasteiger partial charge on any atom is -0.212 e. The van der Waals surface area contributed by atoms with E-state index in [-0.39, 0.29) is 11.8 Å². The summed E-state index contributed by atoms with van der Waals surface area (Å²) in [5.74, 6) is 0.418. The van der Waals surface area contributed by atoms with Gasteiger partial charge in [0.25, 0.3) is 0 Å². The number of halogens is 2. The molecular weight excluding hydrogens is 326 g/mol. The van der Waals surface area contributed by atoms with Gasteiger partial charge in [0.05, 0.1) is 5.75 Å². The van der Waals surface area contributed by atoms with E-state index < -0.39 is 10.0 Å². The summed E-state index contributed by atoms with van der Waals surface area (Å²) in [7, 11) is -3.25. The Hall–Kier alpha value is -0.100. The van der Waals surface area contributed by atoms with Crippen LogP contribution in [0.5, 0.6) is 0 Å². The average molecular weight is 341 g/mol. The van der Waals surface area contributed by atoms with Gasteiger partial charge in [0.1, 0.15) is 0 Å². The zero-order valence-corrected chi connectivity index (χ0v) is 12.6. The second-order valence-corrected chi connectivity index (χ2v) is 6.92. The topological polar surface area (TPSA) is 46.2 Å². The van der Waals surface area contributed by atoms with Crippen molar-refractivity contribution >= 4 is 37.6 Å². The molecule has 1 aromatic rings. The van der Waals surface area contributed by atoms with Crippen LogP contribution in [-0.2, 0) is 10.0 Å². The standard InChI is InChI=1S/C11H15BrClNO2S/c1-9(10-4-2-5-11(12)8-10)14-17(15,16)7-3-6-13/h2,4-5,8-9,14H,3,6-7H2,1H3/t9-/m1/s1. The van der Waals surface area contributed by atoms with Gasteiger partial charge in [-0.3, -0.25) is 0 Å². The first kappa shape index (κ1) is 15.0. The molecule has 0 bridgehead atoms. The average Bonchev–Trinajstić information content (AvgIpc) is 2.26. The molecule has 17 heavy (non-hydrogen) atoms. The molecule has 0 heterocycles. The fourth-order valence-electron chi connectivity index (χ4n) is 1.42. The molecule has 0 aliphatic rings. The molecule has 0 aliphatic heterocycles. The molecule has 0 fully saturated rings.